The molecule has 10 heteroatoms. The molecule has 34 heavy (non-hydrogen) atoms. The van der Waals surface area contributed by atoms with E-state index in [4.69, 9.17) is 38.5 Å². The second-order valence-corrected chi connectivity index (χ2v) is 6.30. The average molecular weight is 476 g/mol. The van der Waals surface area contributed by atoms with Crippen molar-refractivity contribution < 1.29 is 48.1 Å². The zero-order valence-electron chi connectivity index (χ0n) is 19.2. The van der Waals surface area contributed by atoms with Gasteiger partial charge in [-0.05, 0) is 45.0 Å². The van der Waals surface area contributed by atoms with Crippen molar-refractivity contribution in [3.63, 3.8) is 0 Å². The molecule has 0 aliphatic heterocycles. The predicted molar refractivity (Wildman–Crippen MR) is 118 cm³/mol. The van der Waals surface area contributed by atoms with Crippen LogP contribution < -0.4 is 9.47 Å². The molecular formula is C24H28O10. The van der Waals surface area contributed by atoms with Gasteiger partial charge in [0.15, 0.2) is 0 Å². The van der Waals surface area contributed by atoms with Crippen LogP contribution in [0.4, 0.5) is 0 Å². The monoisotopic (exact) mass is 476 g/mol. The smallest absolute Gasteiger partial charge is 0.376 e. The van der Waals surface area contributed by atoms with Crippen LogP contribution >= 0.6 is 0 Å². The minimum Gasteiger partial charge on any atom is -0.493 e. The standard InChI is InChI=1S/C24H28O10/c1-4-27-15-16-28-17-22(31-33-23(25)18-11-7-9-13-20(18)29-5-2)32-34-24(26)19-12-8-10-14-21(19)30-6-3/h7-14H,1,4-6,15-17H2,2-3H3. The average Bonchev–Trinajstić information content (AvgIpc) is 2.85. The Hall–Kier alpha value is -3.18. The molecule has 184 valence electrons. The molecule has 0 atom stereocenters. The highest BCUT2D eigenvalue weighted by atomic mass is 17.3. The SMILES string of the molecule is [CH2]COCCOC[C](OOC(=O)c1ccccc1OCC)OOC(=O)c1ccccc1OCC. The number of carbonyl (C=O) groups excluding carboxylic acids is 2. The topological polar surface area (TPSA) is 108 Å². The van der Waals surface area contributed by atoms with Gasteiger partial charge in [-0.25, -0.2) is 9.59 Å². The summed E-state index contributed by atoms with van der Waals surface area (Å²) in [5, 5.41) is 0. The van der Waals surface area contributed by atoms with Gasteiger partial charge in [0.05, 0.1) is 26.4 Å². The van der Waals surface area contributed by atoms with Crippen molar-refractivity contribution in [1.82, 2.24) is 0 Å². The largest absolute Gasteiger partial charge is 0.493 e. The van der Waals surface area contributed by atoms with Crippen LogP contribution in [-0.4, -0.2) is 51.6 Å². The highest BCUT2D eigenvalue weighted by Crippen LogP contribution is 2.22. The fourth-order valence-electron chi connectivity index (χ4n) is 2.53. The predicted octanol–water partition coefficient (Wildman–Crippen LogP) is 3.72. The van der Waals surface area contributed by atoms with Gasteiger partial charge in [-0.3, -0.25) is 9.78 Å². The molecule has 0 aliphatic carbocycles. The first-order valence-electron chi connectivity index (χ1n) is 10.6. The normalized spacial score (nSPS) is 10.7. The third-order valence-electron chi connectivity index (χ3n) is 3.97. The van der Waals surface area contributed by atoms with Crippen LogP contribution in [-0.2, 0) is 29.0 Å². The van der Waals surface area contributed by atoms with Gasteiger partial charge in [0.25, 0.3) is 0 Å². The molecule has 0 heterocycles. The zero-order valence-corrected chi connectivity index (χ0v) is 19.2. The number of hydrogen-bond donors (Lipinski definition) is 0. The molecule has 0 spiro atoms. The van der Waals surface area contributed by atoms with Gasteiger partial charge in [0, 0.05) is 6.61 Å². The van der Waals surface area contributed by atoms with E-state index in [9.17, 15) is 9.59 Å². The lowest BCUT2D eigenvalue weighted by molar-refractivity contribution is -0.368. The van der Waals surface area contributed by atoms with E-state index in [1.165, 1.54) is 12.1 Å². The molecule has 0 unspecified atom stereocenters. The molecule has 10 nitrogen and oxygen atoms in total. The number of hydrogen-bond acceptors (Lipinski definition) is 10. The Bertz CT molecular complexity index is 820. The van der Waals surface area contributed by atoms with Gasteiger partial charge in [0.2, 0.25) is 0 Å². The van der Waals surface area contributed by atoms with Gasteiger partial charge < -0.3 is 18.9 Å². The number of rotatable bonds is 16. The van der Waals surface area contributed by atoms with E-state index in [-0.39, 0.29) is 37.6 Å². The van der Waals surface area contributed by atoms with Crippen LogP contribution in [0.25, 0.3) is 0 Å². The Morgan fingerprint density at radius 3 is 1.65 bits per heavy atom. The summed E-state index contributed by atoms with van der Waals surface area (Å²) in [7, 11) is 0. The lowest BCUT2D eigenvalue weighted by Gasteiger charge is -2.15. The van der Waals surface area contributed by atoms with E-state index in [1.54, 1.807) is 50.2 Å². The Morgan fingerprint density at radius 1 is 0.706 bits per heavy atom. The van der Waals surface area contributed by atoms with E-state index >= 15 is 0 Å². The quantitative estimate of drug-likeness (QED) is 0.202. The van der Waals surface area contributed by atoms with Crippen LogP contribution in [0, 0.1) is 13.2 Å². The van der Waals surface area contributed by atoms with Gasteiger partial charge >= 0.3 is 18.2 Å². The first-order valence-corrected chi connectivity index (χ1v) is 10.6. The molecule has 0 saturated carbocycles. The van der Waals surface area contributed by atoms with E-state index in [2.05, 4.69) is 6.92 Å². The summed E-state index contributed by atoms with van der Waals surface area (Å²) in [5.74, 6) is -1.06. The molecule has 0 aromatic heterocycles. The van der Waals surface area contributed by atoms with Crippen LogP contribution in [0.15, 0.2) is 48.5 Å². The van der Waals surface area contributed by atoms with Crippen molar-refractivity contribution in [2.45, 2.75) is 13.8 Å². The Morgan fingerprint density at radius 2 is 1.18 bits per heavy atom. The summed E-state index contributed by atoms with van der Waals surface area (Å²) < 4.78 is 21.2. The van der Waals surface area contributed by atoms with Crippen molar-refractivity contribution in [1.29, 1.82) is 0 Å². The molecule has 0 bridgehead atoms. The van der Waals surface area contributed by atoms with E-state index in [1.807, 2.05) is 0 Å². The third-order valence-corrected chi connectivity index (χ3v) is 3.97. The van der Waals surface area contributed by atoms with Gasteiger partial charge in [-0.15, -0.1) is 9.78 Å². The van der Waals surface area contributed by atoms with Crippen molar-refractivity contribution in [3.05, 3.63) is 72.9 Å². The fourth-order valence-corrected chi connectivity index (χ4v) is 2.53. The van der Waals surface area contributed by atoms with Crippen LogP contribution in [0.3, 0.4) is 0 Å². The number of carbonyl (C=O) groups is 2. The fraction of sp³-hybridized carbons (Fsp3) is 0.333. The second-order valence-electron chi connectivity index (χ2n) is 6.30. The van der Waals surface area contributed by atoms with Crippen LogP contribution in [0.2, 0.25) is 0 Å². The highest BCUT2D eigenvalue weighted by molar-refractivity contribution is 5.92. The molecule has 2 aromatic carbocycles. The van der Waals surface area contributed by atoms with Gasteiger partial charge in [-0.1, -0.05) is 24.3 Å². The maximum absolute atomic E-state index is 12.4. The molecule has 0 amide bonds. The number of para-hydroxylation sites is 2. The minimum absolute atomic E-state index is 0.135. The summed E-state index contributed by atoms with van der Waals surface area (Å²) >= 11 is 0. The molecule has 0 fully saturated rings. The molecule has 2 radical (unpaired) electrons. The third kappa shape index (κ3) is 8.99. The number of benzene rings is 2. The zero-order chi connectivity index (χ0) is 24.6. The summed E-state index contributed by atoms with van der Waals surface area (Å²) in [5.41, 5.74) is 0.271. The Kier molecular flexibility index (Phi) is 12.4. The van der Waals surface area contributed by atoms with Crippen LogP contribution in [0.5, 0.6) is 11.5 Å². The summed E-state index contributed by atoms with van der Waals surface area (Å²) in [4.78, 5) is 44.5. The Balaban J connectivity index is 1.99. The van der Waals surface area contributed by atoms with Gasteiger partial charge in [0.1, 0.15) is 29.2 Å². The molecular weight excluding hydrogens is 448 g/mol. The molecule has 2 aromatic rings. The maximum atomic E-state index is 12.4. The summed E-state index contributed by atoms with van der Waals surface area (Å²) in [6, 6.07) is 13.0. The second kappa shape index (κ2) is 15.6. The van der Waals surface area contributed by atoms with Crippen molar-refractivity contribution >= 4 is 11.9 Å². The molecule has 0 N–H and O–H groups in total. The van der Waals surface area contributed by atoms with Crippen molar-refractivity contribution in [3.8, 4) is 11.5 Å². The molecule has 0 saturated heterocycles. The molecule has 0 aliphatic rings. The lowest BCUT2D eigenvalue weighted by atomic mass is 10.2. The van der Waals surface area contributed by atoms with Gasteiger partial charge in [-0.2, -0.15) is 0 Å². The first kappa shape index (κ1) is 27.1. The van der Waals surface area contributed by atoms with Crippen molar-refractivity contribution in [2.24, 2.45) is 0 Å². The molecule has 2 rings (SSSR count). The van der Waals surface area contributed by atoms with Crippen molar-refractivity contribution in [2.75, 3.05) is 39.6 Å². The highest BCUT2D eigenvalue weighted by Gasteiger charge is 2.24. The summed E-state index contributed by atoms with van der Waals surface area (Å²) in [6.07, 6.45) is -0.431. The summed E-state index contributed by atoms with van der Waals surface area (Å²) in [6.45, 7) is 8.21. The van der Waals surface area contributed by atoms with Crippen LogP contribution in [0.1, 0.15) is 34.6 Å². The maximum Gasteiger partial charge on any atom is 0.376 e. The minimum atomic E-state index is -0.849. The lowest BCUT2D eigenvalue weighted by Crippen LogP contribution is -2.21. The van der Waals surface area contributed by atoms with E-state index in [0.29, 0.717) is 24.7 Å². The number of ether oxygens (including phenoxy) is 4. The van der Waals surface area contributed by atoms with E-state index in [0.717, 1.165) is 0 Å². The Labute approximate surface area is 198 Å². The first-order chi connectivity index (χ1) is 16.6. The van der Waals surface area contributed by atoms with E-state index < -0.39 is 18.2 Å².